The van der Waals surface area contributed by atoms with Gasteiger partial charge in [-0.2, -0.15) is 4.98 Å². The lowest BCUT2D eigenvalue weighted by atomic mass is 10.1. The number of hydrogen-bond acceptors (Lipinski definition) is 5. The number of nitrogens with two attached hydrogens (primary N) is 1. The number of carboxylic acids is 1. The monoisotopic (exact) mass is 236 g/mol. The van der Waals surface area contributed by atoms with Crippen molar-refractivity contribution < 1.29 is 9.90 Å². The van der Waals surface area contributed by atoms with Gasteiger partial charge in [-0.1, -0.05) is 6.92 Å². The molecule has 0 atom stereocenters. The standard InChI is InChI=1S/C11H16N4O2/c1-2-8-7(5-9(16)17)10(12)15-11(14-8)13-6-3-4-6/h6H,2-5H2,1H3,(H,16,17)(H3,12,13,14,15). The number of aryl methyl sites for hydroxylation is 1. The molecule has 1 aliphatic rings. The predicted molar refractivity (Wildman–Crippen MR) is 63.8 cm³/mol. The van der Waals surface area contributed by atoms with E-state index in [2.05, 4.69) is 15.3 Å². The van der Waals surface area contributed by atoms with Crippen molar-refractivity contribution in [1.29, 1.82) is 0 Å². The van der Waals surface area contributed by atoms with Crippen LogP contribution in [0.15, 0.2) is 0 Å². The van der Waals surface area contributed by atoms with Crippen LogP contribution in [0.5, 0.6) is 0 Å². The molecule has 0 aliphatic heterocycles. The highest BCUT2D eigenvalue weighted by atomic mass is 16.4. The number of aromatic nitrogens is 2. The molecule has 0 unspecified atom stereocenters. The molecule has 0 radical (unpaired) electrons. The first-order valence-corrected chi connectivity index (χ1v) is 5.73. The molecular formula is C11H16N4O2. The van der Waals surface area contributed by atoms with Crippen molar-refractivity contribution in [1.82, 2.24) is 9.97 Å². The van der Waals surface area contributed by atoms with Gasteiger partial charge in [0.1, 0.15) is 5.82 Å². The lowest BCUT2D eigenvalue weighted by molar-refractivity contribution is -0.136. The zero-order valence-electron chi connectivity index (χ0n) is 9.73. The molecule has 2 rings (SSSR count). The second-order valence-electron chi connectivity index (χ2n) is 4.20. The van der Waals surface area contributed by atoms with Crippen molar-refractivity contribution >= 4 is 17.7 Å². The Bertz CT molecular complexity index is 443. The van der Waals surface area contributed by atoms with E-state index < -0.39 is 5.97 Å². The van der Waals surface area contributed by atoms with E-state index in [1.807, 2.05) is 6.92 Å². The number of anilines is 2. The summed E-state index contributed by atoms with van der Waals surface area (Å²) in [4.78, 5) is 19.2. The first-order chi connectivity index (χ1) is 8.10. The van der Waals surface area contributed by atoms with Crippen LogP contribution in [0.1, 0.15) is 31.0 Å². The van der Waals surface area contributed by atoms with Crippen molar-refractivity contribution in [3.63, 3.8) is 0 Å². The Morgan fingerprint density at radius 2 is 2.24 bits per heavy atom. The molecule has 6 heteroatoms. The van der Waals surface area contributed by atoms with Crippen LogP contribution in [0.4, 0.5) is 11.8 Å². The molecule has 1 saturated carbocycles. The van der Waals surface area contributed by atoms with E-state index in [1.54, 1.807) is 0 Å². The third-order valence-corrected chi connectivity index (χ3v) is 2.70. The Labute approximate surface area is 99.3 Å². The van der Waals surface area contributed by atoms with Gasteiger partial charge in [0.05, 0.1) is 12.1 Å². The number of carbonyl (C=O) groups is 1. The Balaban J connectivity index is 2.28. The average Bonchev–Trinajstić information content (AvgIpc) is 3.05. The maximum atomic E-state index is 10.7. The number of aliphatic carboxylic acids is 1. The predicted octanol–water partition coefficient (Wildman–Crippen LogP) is 0.823. The molecule has 17 heavy (non-hydrogen) atoms. The van der Waals surface area contributed by atoms with Crippen LogP contribution >= 0.6 is 0 Å². The molecule has 1 aliphatic carbocycles. The topological polar surface area (TPSA) is 101 Å². The summed E-state index contributed by atoms with van der Waals surface area (Å²) in [7, 11) is 0. The summed E-state index contributed by atoms with van der Waals surface area (Å²) >= 11 is 0. The highest BCUT2D eigenvalue weighted by Gasteiger charge is 2.23. The van der Waals surface area contributed by atoms with Crippen LogP contribution in [0.3, 0.4) is 0 Å². The summed E-state index contributed by atoms with van der Waals surface area (Å²) in [5.41, 5.74) is 7.03. The Morgan fingerprint density at radius 1 is 1.53 bits per heavy atom. The molecule has 1 heterocycles. The van der Waals surface area contributed by atoms with E-state index >= 15 is 0 Å². The summed E-state index contributed by atoms with van der Waals surface area (Å²) in [5, 5.41) is 12.0. The van der Waals surface area contributed by atoms with Crippen molar-refractivity contribution in [3.8, 4) is 0 Å². The van der Waals surface area contributed by atoms with Gasteiger partial charge in [0, 0.05) is 11.6 Å². The van der Waals surface area contributed by atoms with E-state index in [9.17, 15) is 4.79 Å². The fourth-order valence-corrected chi connectivity index (χ4v) is 1.66. The second kappa shape index (κ2) is 4.57. The van der Waals surface area contributed by atoms with Gasteiger partial charge in [-0.25, -0.2) is 4.98 Å². The van der Waals surface area contributed by atoms with Crippen LogP contribution in [-0.2, 0) is 17.6 Å². The molecule has 4 N–H and O–H groups in total. The lowest BCUT2D eigenvalue weighted by Crippen LogP contribution is -2.14. The Kier molecular flexibility index (Phi) is 3.12. The minimum Gasteiger partial charge on any atom is -0.481 e. The van der Waals surface area contributed by atoms with Crippen LogP contribution in [0.25, 0.3) is 0 Å². The molecule has 0 amide bonds. The number of nitrogens with zero attached hydrogens (tertiary/aromatic N) is 2. The fraction of sp³-hybridized carbons (Fsp3) is 0.545. The third kappa shape index (κ3) is 2.83. The van der Waals surface area contributed by atoms with Gasteiger partial charge in [0.2, 0.25) is 5.95 Å². The summed E-state index contributed by atoms with van der Waals surface area (Å²) in [5.74, 6) is -0.142. The highest BCUT2D eigenvalue weighted by Crippen LogP contribution is 2.24. The number of nitrogens with one attached hydrogen (secondary N) is 1. The van der Waals surface area contributed by atoms with E-state index in [4.69, 9.17) is 10.8 Å². The van der Waals surface area contributed by atoms with Crippen LogP contribution in [-0.4, -0.2) is 27.1 Å². The molecule has 1 aromatic rings. The Morgan fingerprint density at radius 3 is 2.76 bits per heavy atom. The summed E-state index contributed by atoms with van der Waals surface area (Å²) in [6, 6.07) is 0.449. The molecule has 0 spiro atoms. The average molecular weight is 236 g/mol. The summed E-state index contributed by atoms with van der Waals surface area (Å²) in [6.45, 7) is 1.92. The Hall–Kier alpha value is -1.85. The van der Waals surface area contributed by atoms with Crippen LogP contribution in [0, 0.1) is 0 Å². The second-order valence-corrected chi connectivity index (χ2v) is 4.20. The minimum absolute atomic E-state index is 0.126. The molecule has 6 nitrogen and oxygen atoms in total. The maximum absolute atomic E-state index is 10.7. The summed E-state index contributed by atoms with van der Waals surface area (Å²) in [6.07, 6.45) is 2.77. The lowest BCUT2D eigenvalue weighted by Gasteiger charge is -2.11. The van der Waals surface area contributed by atoms with Gasteiger partial charge in [-0.3, -0.25) is 4.79 Å². The van der Waals surface area contributed by atoms with E-state index in [1.165, 1.54) is 0 Å². The smallest absolute Gasteiger partial charge is 0.308 e. The van der Waals surface area contributed by atoms with Gasteiger partial charge in [-0.05, 0) is 19.3 Å². The van der Waals surface area contributed by atoms with Crippen LogP contribution in [0.2, 0.25) is 0 Å². The normalized spacial score (nSPS) is 14.6. The van der Waals surface area contributed by atoms with Crippen molar-refractivity contribution in [2.24, 2.45) is 0 Å². The maximum Gasteiger partial charge on any atom is 0.308 e. The van der Waals surface area contributed by atoms with E-state index in [0.717, 1.165) is 12.8 Å². The largest absolute Gasteiger partial charge is 0.481 e. The quantitative estimate of drug-likeness (QED) is 0.699. The van der Waals surface area contributed by atoms with Gasteiger partial charge in [0.15, 0.2) is 0 Å². The zero-order chi connectivity index (χ0) is 12.4. The van der Waals surface area contributed by atoms with Crippen molar-refractivity contribution in [3.05, 3.63) is 11.3 Å². The zero-order valence-corrected chi connectivity index (χ0v) is 9.73. The molecule has 0 saturated heterocycles. The SMILES string of the molecule is CCc1nc(NC2CC2)nc(N)c1CC(=O)O. The van der Waals surface area contributed by atoms with Crippen molar-refractivity contribution in [2.75, 3.05) is 11.1 Å². The number of rotatable bonds is 5. The minimum atomic E-state index is -0.919. The van der Waals surface area contributed by atoms with Crippen molar-refractivity contribution in [2.45, 2.75) is 38.6 Å². The molecule has 0 bridgehead atoms. The van der Waals surface area contributed by atoms with Gasteiger partial charge in [-0.15, -0.1) is 0 Å². The first-order valence-electron chi connectivity index (χ1n) is 5.73. The third-order valence-electron chi connectivity index (χ3n) is 2.70. The number of hydrogen-bond donors (Lipinski definition) is 3. The summed E-state index contributed by atoms with van der Waals surface area (Å²) < 4.78 is 0. The van der Waals surface area contributed by atoms with E-state index in [-0.39, 0.29) is 12.2 Å². The fourth-order valence-electron chi connectivity index (χ4n) is 1.66. The number of nitrogen functional groups attached to an aromatic ring is 1. The number of carboxylic acid groups (broad SMARTS) is 1. The molecule has 92 valence electrons. The van der Waals surface area contributed by atoms with Gasteiger partial charge in [0.25, 0.3) is 0 Å². The van der Waals surface area contributed by atoms with Crippen LogP contribution < -0.4 is 11.1 Å². The van der Waals surface area contributed by atoms with Gasteiger partial charge >= 0.3 is 5.97 Å². The first kappa shape index (κ1) is 11.6. The molecule has 0 aromatic carbocycles. The van der Waals surface area contributed by atoms with Gasteiger partial charge < -0.3 is 16.2 Å². The molecular weight excluding hydrogens is 220 g/mol. The molecule has 1 fully saturated rings. The van der Waals surface area contributed by atoms with E-state index in [0.29, 0.717) is 29.7 Å². The highest BCUT2D eigenvalue weighted by molar-refractivity contribution is 5.73. The molecule has 1 aromatic heterocycles.